The molecule has 5 rings (SSSR count). The summed E-state index contributed by atoms with van der Waals surface area (Å²) in [4.78, 5) is 0.479. The highest BCUT2D eigenvalue weighted by Gasteiger charge is 2.82. The second-order valence-electron chi connectivity index (χ2n) is 11.8. The third kappa shape index (κ3) is 5.97. The van der Waals surface area contributed by atoms with E-state index >= 15 is 0 Å². The molecule has 0 spiro atoms. The van der Waals surface area contributed by atoms with Gasteiger partial charge in [0.2, 0.25) is 0 Å². The molecule has 0 aliphatic carbocycles. The van der Waals surface area contributed by atoms with Gasteiger partial charge in [0, 0.05) is 52.7 Å². The highest BCUT2D eigenvalue weighted by Crippen LogP contribution is 2.57. The molecule has 0 nitrogen and oxygen atoms in total. The summed E-state index contributed by atoms with van der Waals surface area (Å²) < 4.78 is 241. The minimum Gasteiger partial charge on any atom is -0.200 e. The predicted molar refractivity (Wildman–Crippen MR) is 152 cm³/mol. The van der Waals surface area contributed by atoms with Crippen molar-refractivity contribution in [3.8, 4) is 0 Å². The number of aryl methyl sites for hydroxylation is 1. The van der Waals surface area contributed by atoms with Crippen molar-refractivity contribution in [2.45, 2.75) is 96.6 Å². The molecule has 21 heteroatoms. The minimum atomic E-state index is -7.00. The standard InChI is InChI=1S/C29H18F18S3/c1-11-14-8-16-15-7-12-6-13(2-4-22(30,31)24(34,35)26(38,39)28(42,43)44)48-18(12)9-20(15)50-21(16)10-19(14)49-17(11)3-5-23(32,33)25(36,37)27(40,41)29(45,46)47/h6-11,17H,2-5H2,1H3. The van der Waals surface area contributed by atoms with Crippen LogP contribution in [0, 0.1) is 0 Å². The van der Waals surface area contributed by atoms with E-state index in [9.17, 15) is 79.0 Å². The van der Waals surface area contributed by atoms with E-state index in [0.717, 1.165) is 23.1 Å². The Morgan fingerprint density at radius 3 is 1.58 bits per heavy atom. The van der Waals surface area contributed by atoms with Gasteiger partial charge in [-0.05, 0) is 60.0 Å². The van der Waals surface area contributed by atoms with Crippen LogP contribution in [0.1, 0.15) is 42.5 Å². The first-order valence-electron chi connectivity index (χ1n) is 14.0. The molecule has 0 amide bonds. The number of hydrogen-bond donors (Lipinski definition) is 0. The maximum atomic E-state index is 14.2. The van der Waals surface area contributed by atoms with Gasteiger partial charge in [-0.1, -0.05) is 6.92 Å². The predicted octanol–water partition coefficient (Wildman–Crippen LogP) is 13.5. The Morgan fingerprint density at radius 2 is 1.04 bits per heavy atom. The van der Waals surface area contributed by atoms with Crippen molar-refractivity contribution in [3.63, 3.8) is 0 Å². The van der Waals surface area contributed by atoms with Crippen LogP contribution in [-0.2, 0) is 6.42 Å². The molecular formula is C29H18F18S3. The number of halogens is 18. The van der Waals surface area contributed by atoms with Crippen LogP contribution in [0.25, 0.3) is 30.3 Å². The lowest BCUT2D eigenvalue weighted by Gasteiger charge is -2.34. The average Bonchev–Trinajstić information content (AvgIpc) is 3.63. The largest absolute Gasteiger partial charge is 0.460 e. The van der Waals surface area contributed by atoms with Crippen molar-refractivity contribution in [1.29, 1.82) is 0 Å². The Kier molecular flexibility index (Phi) is 9.23. The number of benzene rings is 2. The van der Waals surface area contributed by atoms with Gasteiger partial charge >= 0.3 is 47.9 Å². The summed E-state index contributed by atoms with van der Waals surface area (Å²) >= 11 is 2.94. The van der Waals surface area contributed by atoms with Gasteiger partial charge < -0.3 is 0 Å². The molecular weight excluding hydrogens is 786 g/mol. The van der Waals surface area contributed by atoms with Crippen LogP contribution in [0.3, 0.4) is 0 Å². The molecule has 0 radical (unpaired) electrons. The molecule has 2 aromatic heterocycles. The van der Waals surface area contributed by atoms with Gasteiger partial charge in [0.25, 0.3) is 0 Å². The van der Waals surface area contributed by atoms with E-state index in [1.807, 2.05) is 0 Å². The lowest BCUT2D eigenvalue weighted by molar-refractivity contribution is -0.396. The zero-order valence-corrected chi connectivity index (χ0v) is 26.8. The van der Waals surface area contributed by atoms with Gasteiger partial charge in [0.1, 0.15) is 0 Å². The molecule has 0 N–H and O–H groups in total. The molecule has 2 unspecified atom stereocenters. The number of hydrogen-bond acceptors (Lipinski definition) is 3. The van der Waals surface area contributed by atoms with Gasteiger partial charge in [0.05, 0.1) is 0 Å². The Morgan fingerprint density at radius 1 is 0.540 bits per heavy atom. The second kappa shape index (κ2) is 11.9. The van der Waals surface area contributed by atoms with Crippen LogP contribution in [0.4, 0.5) is 79.0 Å². The molecule has 3 heterocycles. The van der Waals surface area contributed by atoms with Crippen molar-refractivity contribution >= 4 is 64.7 Å². The fourth-order valence-corrected chi connectivity index (χ4v) is 9.36. The normalized spacial score (nSPS) is 18.9. The third-order valence-electron chi connectivity index (χ3n) is 8.47. The molecule has 2 atom stereocenters. The summed E-state index contributed by atoms with van der Waals surface area (Å²) in [6.07, 6.45) is -19.7. The summed E-state index contributed by atoms with van der Waals surface area (Å²) in [6.45, 7) is 1.51. The van der Waals surface area contributed by atoms with E-state index in [2.05, 4.69) is 0 Å². The van der Waals surface area contributed by atoms with Crippen LogP contribution < -0.4 is 0 Å². The first-order chi connectivity index (χ1) is 22.5. The van der Waals surface area contributed by atoms with Crippen LogP contribution in [0.5, 0.6) is 0 Å². The molecule has 4 aromatic rings. The first kappa shape index (κ1) is 38.9. The van der Waals surface area contributed by atoms with E-state index in [1.165, 1.54) is 24.3 Å². The summed E-state index contributed by atoms with van der Waals surface area (Å²) in [7, 11) is 0. The zero-order valence-electron chi connectivity index (χ0n) is 24.4. The SMILES string of the molecule is CC1c2cc3c(cc2SC1CCC(F)(F)C(F)(F)C(F)(F)C(F)(F)F)sc1cc2sc(CCC(F)(F)C(F)(F)C(F)(F)C(F)(F)F)cc2cc13. The van der Waals surface area contributed by atoms with E-state index in [0.29, 0.717) is 40.7 Å². The van der Waals surface area contributed by atoms with Gasteiger partial charge in [-0.2, -0.15) is 79.0 Å². The monoisotopic (exact) mass is 804 g/mol. The fraction of sp³-hybridized carbons (Fsp3) is 0.517. The molecule has 278 valence electrons. The van der Waals surface area contributed by atoms with Crippen LogP contribution in [-0.4, -0.2) is 53.1 Å². The zero-order chi connectivity index (χ0) is 37.8. The molecule has 0 fully saturated rings. The number of thiophene rings is 2. The van der Waals surface area contributed by atoms with Gasteiger partial charge in [0.15, 0.2) is 0 Å². The Hall–Kier alpha value is -2.29. The maximum absolute atomic E-state index is 14.2. The molecule has 2 aromatic carbocycles. The lowest BCUT2D eigenvalue weighted by Crippen LogP contribution is -2.60. The highest BCUT2D eigenvalue weighted by molar-refractivity contribution is 8.00. The smallest absolute Gasteiger partial charge is 0.200 e. The maximum Gasteiger partial charge on any atom is 0.460 e. The molecule has 0 saturated heterocycles. The number of thioether (sulfide) groups is 1. The van der Waals surface area contributed by atoms with Crippen molar-refractivity contribution in [2.24, 2.45) is 0 Å². The number of fused-ring (bicyclic) bond motifs is 5. The van der Waals surface area contributed by atoms with Crippen LogP contribution in [0.15, 0.2) is 35.2 Å². The molecule has 1 aliphatic heterocycles. The lowest BCUT2D eigenvalue weighted by atomic mass is 9.91. The van der Waals surface area contributed by atoms with Crippen molar-refractivity contribution < 1.29 is 79.0 Å². The summed E-state index contributed by atoms with van der Waals surface area (Å²) in [6, 6.07) is 7.69. The number of alkyl halides is 18. The summed E-state index contributed by atoms with van der Waals surface area (Å²) in [5, 5.41) is 0.565. The van der Waals surface area contributed by atoms with Crippen LogP contribution >= 0.6 is 34.4 Å². The topological polar surface area (TPSA) is 0 Å². The fourth-order valence-electron chi connectivity index (χ4n) is 5.50. The Labute approximate surface area is 280 Å². The van der Waals surface area contributed by atoms with E-state index < -0.39 is 84.7 Å². The van der Waals surface area contributed by atoms with Crippen molar-refractivity contribution in [2.75, 3.05) is 0 Å². The average molecular weight is 805 g/mol. The van der Waals surface area contributed by atoms with Crippen molar-refractivity contribution in [1.82, 2.24) is 0 Å². The Balaban J connectivity index is 1.36. The van der Waals surface area contributed by atoms with E-state index in [1.54, 1.807) is 24.3 Å². The second-order valence-corrected chi connectivity index (χ2v) is 15.3. The summed E-state index contributed by atoms with van der Waals surface area (Å²) in [5.41, 5.74) is 0.521. The van der Waals surface area contributed by atoms with Gasteiger partial charge in [-0.3, -0.25) is 0 Å². The van der Waals surface area contributed by atoms with Crippen LogP contribution in [0.2, 0.25) is 0 Å². The summed E-state index contributed by atoms with van der Waals surface area (Å²) in [5.74, 6) is -39.6. The van der Waals surface area contributed by atoms with E-state index in [-0.39, 0.29) is 4.88 Å². The number of rotatable bonds is 10. The molecule has 0 saturated carbocycles. The van der Waals surface area contributed by atoms with Crippen molar-refractivity contribution in [3.05, 3.63) is 40.8 Å². The first-order valence-corrected chi connectivity index (χ1v) is 16.5. The van der Waals surface area contributed by atoms with Gasteiger partial charge in [-0.25, -0.2) is 0 Å². The highest BCUT2D eigenvalue weighted by atomic mass is 32.2. The molecule has 1 aliphatic rings. The molecule has 50 heavy (non-hydrogen) atoms. The van der Waals surface area contributed by atoms with Gasteiger partial charge in [-0.15, -0.1) is 34.4 Å². The quantitative estimate of drug-likeness (QED) is 0.144. The van der Waals surface area contributed by atoms with E-state index in [4.69, 9.17) is 0 Å². The minimum absolute atomic E-state index is 0.0307. The molecule has 0 bridgehead atoms. The Bertz CT molecular complexity index is 1910. The third-order valence-corrected chi connectivity index (χ3v) is 12.3.